The summed E-state index contributed by atoms with van der Waals surface area (Å²) in [6, 6.07) is 4.11. The van der Waals surface area contributed by atoms with Gasteiger partial charge in [-0.05, 0) is 60.4 Å². The summed E-state index contributed by atoms with van der Waals surface area (Å²) in [5.41, 5.74) is -0.443. The number of carbonyl (C=O) groups excluding carboxylic acids is 3. The van der Waals surface area contributed by atoms with Crippen molar-refractivity contribution in [2.75, 3.05) is 24.2 Å². The average Bonchev–Trinajstić information content (AvgIpc) is 3.51. The number of fused-ring (bicyclic) bond motifs is 1. The van der Waals surface area contributed by atoms with Crippen LogP contribution in [-0.2, 0) is 14.4 Å². The van der Waals surface area contributed by atoms with Crippen LogP contribution in [0.15, 0.2) is 36.7 Å². The molecule has 4 amide bonds. The fraction of sp³-hybridized carbons (Fsp3) is 0.471. The van der Waals surface area contributed by atoms with E-state index in [4.69, 9.17) is 11.6 Å². The Kier molecular flexibility index (Phi) is 11.0. The highest BCUT2D eigenvalue weighted by Crippen LogP contribution is 2.32. The van der Waals surface area contributed by atoms with Gasteiger partial charge in [0.15, 0.2) is 5.82 Å². The van der Waals surface area contributed by atoms with Gasteiger partial charge in [0, 0.05) is 24.7 Å². The molecule has 12 nitrogen and oxygen atoms in total. The summed E-state index contributed by atoms with van der Waals surface area (Å²) >= 11 is 5.73. The summed E-state index contributed by atoms with van der Waals surface area (Å²) in [5, 5.41) is 17.9. The first-order chi connectivity index (χ1) is 22.8. The number of aromatic nitrogens is 2. The summed E-state index contributed by atoms with van der Waals surface area (Å²) in [6.07, 6.45) is 1.15. The number of carbonyl (C=O) groups is 4. The average molecular weight is 702 g/mol. The zero-order chi connectivity index (χ0) is 36.4. The van der Waals surface area contributed by atoms with Crippen LogP contribution < -0.4 is 16.0 Å². The van der Waals surface area contributed by atoms with Gasteiger partial charge in [-0.15, -0.1) is 0 Å². The number of hydrogen-bond acceptors (Lipinski definition) is 7. The molecule has 1 aromatic heterocycles. The number of hydrogen-bond donors (Lipinski definition) is 4. The van der Waals surface area contributed by atoms with Gasteiger partial charge in [0.2, 0.25) is 17.7 Å². The van der Waals surface area contributed by atoms with Crippen molar-refractivity contribution in [3.8, 4) is 0 Å². The van der Waals surface area contributed by atoms with Crippen molar-refractivity contribution in [3.63, 3.8) is 0 Å². The van der Waals surface area contributed by atoms with Crippen molar-refractivity contribution in [2.45, 2.75) is 78.9 Å². The second-order valence-corrected chi connectivity index (χ2v) is 14.8. The van der Waals surface area contributed by atoms with Gasteiger partial charge >= 0.3 is 6.09 Å². The lowest BCUT2D eigenvalue weighted by Crippen LogP contribution is -2.60. The topological polar surface area (TPSA) is 157 Å². The van der Waals surface area contributed by atoms with E-state index in [0.29, 0.717) is 29.4 Å². The van der Waals surface area contributed by atoms with Crippen molar-refractivity contribution >= 4 is 63.5 Å². The maximum atomic E-state index is 14.6. The van der Waals surface area contributed by atoms with Gasteiger partial charge in [-0.3, -0.25) is 19.3 Å². The molecule has 264 valence electrons. The number of likely N-dealkylation sites (tertiary alicyclic amines) is 1. The molecular weight excluding hydrogens is 660 g/mol. The molecule has 2 heterocycles. The molecule has 1 saturated heterocycles. The van der Waals surface area contributed by atoms with E-state index in [1.807, 2.05) is 20.8 Å². The van der Waals surface area contributed by atoms with Crippen molar-refractivity contribution in [1.29, 1.82) is 0 Å². The first-order valence-corrected chi connectivity index (χ1v) is 16.2. The van der Waals surface area contributed by atoms with Crippen LogP contribution in [0.1, 0.15) is 60.8 Å². The minimum atomic E-state index is -1.27. The molecule has 4 N–H and O–H groups in total. The Morgan fingerprint density at radius 1 is 1.08 bits per heavy atom. The molecule has 0 aliphatic carbocycles. The molecule has 3 atom stereocenters. The fourth-order valence-corrected chi connectivity index (χ4v) is 5.85. The summed E-state index contributed by atoms with van der Waals surface area (Å²) in [7, 11) is 1.32. The molecule has 1 aliphatic heterocycles. The number of rotatable bonds is 9. The minimum Gasteiger partial charge on any atom is -0.465 e. The molecule has 1 aliphatic rings. The second-order valence-electron chi connectivity index (χ2n) is 14.5. The monoisotopic (exact) mass is 701 g/mol. The normalized spacial score (nSPS) is 16.2. The molecule has 0 unspecified atom stereocenters. The lowest BCUT2D eigenvalue weighted by Gasteiger charge is -2.37. The van der Waals surface area contributed by atoms with Gasteiger partial charge in [0.25, 0.3) is 0 Å². The first-order valence-electron chi connectivity index (χ1n) is 15.8. The van der Waals surface area contributed by atoms with E-state index in [9.17, 15) is 33.1 Å². The van der Waals surface area contributed by atoms with E-state index in [1.54, 1.807) is 39.0 Å². The lowest BCUT2D eigenvalue weighted by molar-refractivity contribution is -0.143. The van der Waals surface area contributed by atoms with Crippen molar-refractivity contribution in [1.82, 2.24) is 25.1 Å². The second kappa shape index (κ2) is 14.5. The predicted molar refractivity (Wildman–Crippen MR) is 183 cm³/mol. The molecule has 0 bridgehead atoms. The van der Waals surface area contributed by atoms with Crippen molar-refractivity contribution in [3.05, 3.63) is 53.3 Å². The minimum absolute atomic E-state index is 0.110. The van der Waals surface area contributed by atoms with E-state index in [-0.39, 0.29) is 29.9 Å². The standard InChI is InChI=1S/C34H42ClF2N7O5/c1-33(2,3)16-24(43(7)32(48)49)30(46)42-27(34(4,5)6)31(47)44-14-8-9-23(44)29(45)40-18-10-12-21-19(15-18)28(39-17-38-21)41-22-13-11-20(36)25(35)26(22)37/h10-13,15,17,23-24,27H,8-9,14,16H2,1-7H3,(H,40,45)(H,42,46)(H,48,49)(H,38,39,41)/t23-,24-,27+/m0/s1. The van der Waals surface area contributed by atoms with E-state index in [0.717, 1.165) is 11.0 Å². The van der Waals surface area contributed by atoms with Crippen LogP contribution in [-0.4, -0.2) is 80.4 Å². The number of carboxylic acid groups (broad SMARTS) is 1. The summed E-state index contributed by atoms with van der Waals surface area (Å²) < 4.78 is 28.3. The van der Waals surface area contributed by atoms with Crippen LogP contribution in [0.4, 0.5) is 30.8 Å². The SMILES string of the molecule is CN(C(=O)O)[C@@H](CC(C)(C)C)C(=O)N[C@H](C(=O)N1CCC[C@H]1C(=O)Nc1ccc2ncnc(Nc3ccc(F)c(Cl)c3F)c2c1)C(C)(C)C. The zero-order valence-electron chi connectivity index (χ0n) is 28.5. The van der Waals surface area contributed by atoms with Crippen LogP contribution in [0.3, 0.4) is 0 Å². The van der Waals surface area contributed by atoms with E-state index >= 15 is 0 Å². The van der Waals surface area contributed by atoms with Crippen LogP contribution in [0, 0.1) is 22.5 Å². The van der Waals surface area contributed by atoms with E-state index < -0.39 is 64.0 Å². The maximum Gasteiger partial charge on any atom is 0.407 e. The van der Waals surface area contributed by atoms with Gasteiger partial charge in [-0.2, -0.15) is 0 Å². The fourth-order valence-electron chi connectivity index (χ4n) is 5.68. The highest BCUT2D eigenvalue weighted by atomic mass is 35.5. The Bertz CT molecular complexity index is 1760. The Labute approximate surface area is 288 Å². The molecule has 0 spiro atoms. The molecule has 15 heteroatoms. The zero-order valence-corrected chi connectivity index (χ0v) is 29.3. The number of nitrogens with one attached hydrogen (secondary N) is 3. The molecule has 1 fully saturated rings. The number of amides is 4. The van der Waals surface area contributed by atoms with Gasteiger partial charge in [-0.1, -0.05) is 53.1 Å². The van der Waals surface area contributed by atoms with E-state index in [1.165, 1.54) is 24.3 Å². The third-order valence-corrected chi connectivity index (χ3v) is 8.65. The molecule has 0 saturated carbocycles. The van der Waals surface area contributed by atoms with Crippen molar-refractivity contribution in [2.24, 2.45) is 10.8 Å². The Balaban J connectivity index is 1.55. The summed E-state index contributed by atoms with van der Waals surface area (Å²) in [6.45, 7) is 11.3. The third kappa shape index (κ3) is 8.72. The largest absolute Gasteiger partial charge is 0.465 e. The Morgan fingerprint density at radius 2 is 1.78 bits per heavy atom. The molecule has 4 rings (SSSR count). The number of halogens is 3. The highest BCUT2D eigenvalue weighted by Gasteiger charge is 2.43. The molecule has 0 radical (unpaired) electrons. The predicted octanol–water partition coefficient (Wildman–Crippen LogP) is 6.18. The third-order valence-electron chi connectivity index (χ3n) is 8.31. The highest BCUT2D eigenvalue weighted by molar-refractivity contribution is 6.31. The van der Waals surface area contributed by atoms with Crippen LogP contribution >= 0.6 is 11.6 Å². The number of nitrogens with zero attached hydrogens (tertiary/aromatic N) is 4. The number of likely N-dealkylation sites (N-methyl/N-ethyl adjacent to an activating group) is 1. The van der Waals surface area contributed by atoms with Gasteiger partial charge < -0.3 is 26.0 Å². The number of benzene rings is 2. The Hall–Kier alpha value is -4.59. The first kappa shape index (κ1) is 37.2. The Morgan fingerprint density at radius 3 is 2.41 bits per heavy atom. The molecule has 2 aromatic carbocycles. The number of anilines is 3. The molecule has 49 heavy (non-hydrogen) atoms. The van der Waals surface area contributed by atoms with Crippen LogP contribution in [0.25, 0.3) is 10.9 Å². The summed E-state index contributed by atoms with van der Waals surface area (Å²) in [4.78, 5) is 63.9. The van der Waals surface area contributed by atoms with E-state index in [2.05, 4.69) is 25.9 Å². The lowest BCUT2D eigenvalue weighted by atomic mass is 9.84. The van der Waals surface area contributed by atoms with Gasteiger partial charge in [0.05, 0.1) is 11.2 Å². The molecular formula is C34H42ClF2N7O5. The smallest absolute Gasteiger partial charge is 0.407 e. The van der Waals surface area contributed by atoms with Gasteiger partial charge in [0.1, 0.15) is 41.1 Å². The quantitative estimate of drug-likeness (QED) is 0.193. The summed E-state index contributed by atoms with van der Waals surface area (Å²) in [5.74, 6) is -3.23. The van der Waals surface area contributed by atoms with Gasteiger partial charge in [-0.25, -0.2) is 23.5 Å². The van der Waals surface area contributed by atoms with Crippen LogP contribution in [0.2, 0.25) is 5.02 Å². The molecule has 3 aromatic rings. The van der Waals surface area contributed by atoms with Crippen LogP contribution in [0.5, 0.6) is 0 Å². The van der Waals surface area contributed by atoms with Crippen molar-refractivity contribution < 1.29 is 33.1 Å². The maximum absolute atomic E-state index is 14.6.